The van der Waals surface area contributed by atoms with E-state index in [1.165, 1.54) is 28.7 Å². The number of thiol groups is 1. The fourth-order valence-electron chi connectivity index (χ4n) is 7.06. The van der Waals surface area contributed by atoms with Crippen LogP contribution in [0.2, 0.25) is 0 Å². The molecule has 2 saturated heterocycles. The summed E-state index contributed by atoms with van der Waals surface area (Å²) in [4.78, 5) is 49.4. The molecule has 0 aliphatic carbocycles. The van der Waals surface area contributed by atoms with E-state index in [0.29, 0.717) is 67.8 Å². The number of carbonyl (C=O) groups is 3. The van der Waals surface area contributed by atoms with Crippen molar-refractivity contribution in [2.75, 3.05) is 36.8 Å². The summed E-state index contributed by atoms with van der Waals surface area (Å²) in [7, 11) is -3.79. The van der Waals surface area contributed by atoms with Gasteiger partial charge in [0, 0.05) is 57.6 Å². The third-order valence-electron chi connectivity index (χ3n) is 9.92. The molecular formula is C36H37BrFN9O5S2. The predicted octanol–water partition coefficient (Wildman–Crippen LogP) is 4.33. The number of amides is 3. The van der Waals surface area contributed by atoms with E-state index in [4.69, 9.17) is 18.4 Å². The molecule has 282 valence electrons. The molecule has 14 nitrogen and oxygen atoms in total. The van der Waals surface area contributed by atoms with E-state index in [0.717, 1.165) is 22.8 Å². The Bertz CT molecular complexity index is 2270. The number of carbonyl (C=O) groups excluding carboxylic acids is 3. The fourth-order valence-corrected chi connectivity index (χ4v) is 9.34. The lowest BCUT2D eigenvalue weighted by atomic mass is 10.0. The minimum Gasteiger partial charge on any atom is -0.365 e. The second kappa shape index (κ2) is 15.3. The van der Waals surface area contributed by atoms with E-state index in [2.05, 4.69) is 52.8 Å². The molecule has 0 bridgehead atoms. The lowest BCUT2D eigenvalue weighted by Gasteiger charge is -2.34. The van der Waals surface area contributed by atoms with Crippen molar-refractivity contribution in [1.82, 2.24) is 29.4 Å². The van der Waals surface area contributed by atoms with Crippen molar-refractivity contribution in [1.29, 1.82) is 0 Å². The second-order valence-electron chi connectivity index (χ2n) is 13.3. The summed E-state index contributed by atoms with van der Waals surface area (Å²) in [6.07, 6.45) is 2.24. The molecule has 4 heterocycles. The molecule has 18 heteroatoms. The van der Waals surface area contributed by atoms with Crippen LogP contribution in [0.15, 0.2) is 70.2 Å². The Hall–Kier alpha value is -4.46. The zero-order valence-electron chi connectivity index (χ0n) is 29.1. The average molecular weight is 839 g/mol. The van der Waals surface area contributed by atoms with Gasteiger partial charge in [0.25, 0.3) is 5.91 Å². The van der Waals surface area contributed by atoms with Crippen LogP contribution in [0, 0.1) is 12.7 Å². The molecule has 3 amide bonds. The normalized spacial score (nSPS) is 19.7. The largest absolute Gasteiger partial charge is 0.365 e. The van der Waals surface area contributed by atoms with Crippen molar-refractivity contribution in [3.63, 3.8) is 0 Å². The molecule has 0 saturated carbocycles. The number of fused-ring (bicyclic) bond motifs is 1. The molecule has 2 unspecified atom stereocenters. The maximum absolute atomic E-state index is 14.3. The molecule has 0 radical (unpaired) electrons. The Balaban J connectivity index is 0.986. The van der Waals surface area contributed by atoms with E-state index in [9.17, 15) is 27.2 Å². The first-order chi connectivity index (χ1) is 25.8. The number of piperazine rings is 1. The van der Waals surface area contributed by atoms with Crippen LogP contribution in [0.3, 0.4) is 0 Å². The molecule has 2 atom stereocenters. The standard InChI is InChI=1S/C36H37BrFN9O5S2/c1-20-16-22(8-9-27(20)42-36-40-17-25(37)33(44-36)41-28-7-3-6-26(38)31(28)32(39)49)54(51,52)46-14-12-45(13-15-46)18-21-4-2-5-23-24(21)19-47(35(23)53)29-10-11-30(48)43-34(29)50/h2-9,16-17,29,35,53H,10-15,18-19H2,1H3,(H2,39,49)(H,43,48,50)(H2,40,41,42,44). The zero-order valence-corrected chi connectivity index (χ0v) is 32.3. The monoisotopic (exact) mass is 837 g/mol. The van der Waals surface area contributed by atoms with Gasteiger partial charge in [-0.3, -0.25) is 29.5 Å². The Kier molecular flexibility index (Phi) is 10.8. The number of aryl methyl sites for hydroxylation is 1. The molecular weight excluding hydrogens is 801 g/mol. The lowest BCUT2D eigenvalue weighted by Crippen LogP contribution is -2.51. The van der Waals surface area contributed by atoms with Gasteiger partial charge in [0.05, 0.1) is 32.0 Å². The van der Waals surface area contributed by atoms with Crippen LogP contribution in [0.5, 0.6) is 0 Å². The smallest absolute Gasteiger partial charge is 0.253 e. The summed E-state index contributed by atoms with van der Waals surface area (Å²) in [5, 5.41) is 8.20. The number of nitrogens with two attached hydrogens (primary N) is 1. The summed E-state index contributed by atoms with van der Waals surface area (Å²) in [6.45, 7) is 4.66. The molecule has 54 heavy (non-hydrogen) atoms. The van der Waals surface area contributed by atoms with E-state index < -0.39 is 27.8 Å². The number of imide groups is 1. The quantitative estimate of drug-likeness (QED) is 0.113. The van der Waals surface area contributed by atoms with Crippen LogP contribution < -0.4 is 21.7 Å². The van der Waals surface area contributed by atoms with E-state index in [1.807, 2.05) is 17.0 Å². The van der Waals surface area contributed by atoms with Crippen LogP contribution >= 0.6 is 28.6 Å². The summed E-state index contributed by atoms with van der Waals surface area (Å²) in [5.74, 6) is -1.83. The number of hydrogen-bond donors (Lipinski definition) is 5. The van der Waals surface area contributed by atoms with Crippen molar-refractivity contribution in [3.8, 4) is 0 Å². The number of nitrogens with zero attached hydrogens (tertiary/aromatic N) is 5. The molecule has 3 aliphatic heterocycles. The van der Waals surface area contributed by atoms with Crippen molar-refractivity contribution in [2.45, 2.75) is 49.2 Å². The molecule has 4 aromatic rings. The highest BCUT2D eigenvalue weighted by molar-refractivity contribution is 9.10. The van der Waals surface area contributed by atoms with Crippen LogP contribution in [-0.2, 0) is 32.7 Å². The third kappa shape index (κ3) is 7.58. The van der Waals surface area contributed by atoms with Gasteiger partial charge in [0.15, 0.2) is 0 Å². The van der Waals surface area contributed by atoms with E-state index in [1.54, 1.807) is 19.1 Å². The SMILES string of the molecule is Cc1cc(S(=O)(=O)N2CCN(Cc3cccc4c3CN(C3CCC(=O)NC3=O)C4S)CC2)ccc1Nc1ncc(Br)c(Nc2cccc(F)c2C(N)=O)n1. The van der Waals surface area contributed by atoms with Crippen LogP contribution in [0.25, 0.3) is 0 Å². The molecule has 5 N–H and O–H groups in total. The highest BCUT2D eigenvalue weighted by Crippen LogP contribution is 2.41. The number of piperidine rings is 1. The maximum Gasteiger partial charge on any atom is 0.253 e. The minimum absolute atomic E-state index is 0.132. The van der Waals surface area contributed by atoms with Gasteiger partial charge in [-0.25, -0.2) is 17.8 Å². The van der Waals surface area contributed by atoms with Crippen molar-refractivity contribution < 1.29 is 27.2 Å². The first-order valence-corrected chi connectivity index (χ1v) is 19.9. The second-order valence-corrected chi connectivity index (χ2v) is 16.6. The van der Waals surface area contributed by atoms with Gasteiger partial charge in [-0.15, -0.1) is 0 Å². The minimum atomic E-state index is -3.79. The van der Waals surface area contributed by atoms with Crippen molar-refractivity contribution in [3.05, 3.63) is 98.9 Å². The van der Waals surface area contributed by atoms with Crippen molar-refractivity contribution >= 4 is 79.4 Å². The summed E-state index contributed by atoms with van der Waals surface area (Å²) in [6, 6.07) is 14.5. The number of anilines is 4. The lowest BCUT2D eigenvalue weighted by molar-refractivity contribution is -0.137. The zero-order chi connectivity index (χ0) is 38.3. The summed E-state index contributed by atoms with van der Waals surface area (Å²) >= 11 is 8.21. The van der Waals surface area contributed by atoms with Gasteiger partial charge in [-0.2, -0.15) is 21.9 Å². The van der Waals surface area contributed by atoms with Crippen LogP contribution in [0.1, 0.15) is 50.8 Å². The Morgan fingerprint density at radius 3 is 2.56 bits per heavy atom. The highest BCUT2D eigenvalue weighted by atomic mass is 79.9. The Morgan fingerprint density at radius 2 is 1.83 bits per heavy atom. The van der Waals surface area contributed by atoms with Gasteiger partial charge in [0.2, 0.25) is 27.8 Å². The summed E-state index contributed by atoms with van der Waals surface area (Å²) in [5.41, 5.74) is 9.70. The Labute approximate surface area is 325 Å². The number of aromatic nitrogens is 2. The molecule has 3 aromatic carbocycles. The third-order valence-corrected chi connectivity index (χ3v) is 13.0. The Morgan fingerprint density at radius 1 is 1.07 bits per heavy atom. The van der Waals surface area contributed by atoms with Gasteiger partial charge in [-0.1, -0.05) is 24.3 Å². The number of primary amides is 1. The maximum atomic E-state index is 14.3. The first-order valence-electron chi connectivity index (χ1n) is 17.2. The highest BCUT2D eigenvalue weighted by Gasteiger charge is 2.40. The number of sulfonamides is 1. The van der Waals surface area contributed by atoms with Crippen LogP contribution in [-0.4, -0.2) is 82.4 Å². The van der Waals surface area contributed by atoms with Crippen LogP contribution in [0.4, 0.5) is 27.5 Å². The first kappa shape index (κ1) is 37.8. The fraction of sp³-hybridized carbons (Fsp3) is 0.306. The number of benzene rings is 3. The van der Waals surface area contributed by atoms with Gasteiger partial charge in [0.1, 0.15) is 11.6 Å². The van der Waals surface area contributed by atoms with Crippen molar-refractivity contribution in [2.24, 2.45) is 5.73 Å². The molecule has 1 aromatic heterocycles. The molecule has 7 rings (SSSR count). The van der Waals surface area contributed by atoms with Gasteiger partial charge >= 0.3 is 0 Å². The predicted molar refractivity (Wildman–Crippen MR) is 206 cm³/mol. The number of halogens is 2. The van der Waals surface area contributed by atoms with E-state index in [-0.39, 0.29) is 45.1 Å². The number of rotatable bonds is 10. The number of nitrogens with one attached hydrogen (secondary N) is 3. The molecule has 0 spiro atoms. The van der Waals surface area contributed by atoms with E-state index >= 15 is 0 Å². The summed E-state index contributed by atoms with van der Waals surface area (Å²) < 4.78 is 43.8. The van der Waals surface area contributed by atoms with Gasteiger partial charge < -0.3 is 16.4 Å². The molecule has 3 aliphatic rings. The topological polar surface area (TPSA) is 183 Å². The van der Waals surface area contributed by atoms with Gasteiger partial charge in [-0.05, 0) is 81.9 Å². The average Bonchev–Trinajstić information content (AvgIpc) is 3.47. The number of hydrogen-bond acceptors (Lipinski definition) is 12. The molecule has 2 fully saturated rings.